The summed E-state index contributed by atoms with van der Waals surface area (Å²) in [6, 6.07) is 9.15. The fourth-order valence-corrected chi connectivity index (χ4v) is 8.69. The molecule has 1 aromatic rings. The van der Waals surface area contributed by atoms with Gasteiger partial charge in [0.1, 0.15) is 6.04 Å². The van der Waals surface area contributed by atoms with Crippen molar-refractivity contribution >= 4 is 29.5 Å². The summed E-state index contributed by atoms with van der Waals surface area (Å²) < 4.78 is -0.982. The van der Waals surface area contributed by atoms with Gasteiger partial charge in [0.15, 0.2) is 0 Å². The average Bonchev–Trinajstić information content (AvgIpc) is 3.37. The molecule has 4 rings (SSSR count). The van der Waals surface area contributed by atoms with Crippen LogP contribution < -0.4 is 10.6 Å². The van der Waals surface area contributed by atoms with Gasteiger partial charge in [0, 0.05) is 30.5 Å². The molecule has 0 aromatic heterocycles. The number of hydrogen-bond acceptors (Lipinski definition) is 5. The highest BCUT2D eigenvalue weighted by atomic mass is 32.2. The second-order valence-electron chi connectivity index (χ2n) is 10.2. The van der Waals surface area contributed by atoms with Gasteiger partial charge >= 0.3 is 0 Å². The zero-order valence-corrected chi connectivity index (χ0v) is 21.2. The van der Waals surface area contributed by atoms with Gasteiger partial charge in [0.25, 0.3) is 0 Å². The molecule has 0 radical (unpaired) electrons. The Hall–Kier alpha value is -2.06. The van der Waals surface area contributed by atoms with E-state index in [0.717, 1.165) is 31.2 Å². The Morgan fingerprint density at radius 1 is 1.24 bits per heavy atom. The van der Waals surface area contributed by atoms with E-state index in [1.807, 2.05) is 37.3 Å². The van der Waals surface area contributed by atoms with E-state index < -0.39 is 22.6 Å². The molecule has 34 heavy (non-hydrogen) atoms. The summed E-state index contributed by atoms with van der Waals surface area (Å²) in [7, 11) is 0. The van der Waals surface area contributed by atoms with E-state index in [1.165, 1.54) is 0 Å². The van der Waals surface area contributed by atoms with Crippen molar-refractivity contribution in [1.29, 1.82) is 0 Å². The number of aliphatic hydroxyl groups excluding tert-OH is 1. The van der Waals surface area contributed by atoms with Crippen LogP contribution in [0.1, 0.15) is 58.4 Å². The van der Waals surface area contributed by atoms with E-state index >= 15 is 0 Å². The Bertz CT molecular complexity index is 928. The summed E-state index contributed by atoms with van der Waals surface area (Å²) in [6.07, 6.45) is 3.78. The highest BCUT2D eigenvalue weighted by Gasteiger charge is 2.76. The van der Waals surface area contributed by atoms with Crippen LogP contribution in [0.5, 0.6) is 0 Å². The predicted molar refractivity (Wildman–Crippen MR) is 133 cm³/mol. The third-order valence-corrected chi connectivity index (χ3v) is 9.77. The summed E-state index contributed by atoms with van der Waals surface area (Å²) in [4.78, 5) is 42.6. The number of aliphatic hydroxyl groups is 1. The molecule has 1 spiro atoms. The first-order valence-corrected chi connectivity index (χ1v) is 13.3. The topological polar surface area (TPSA) is 98.7 Å². The van der Waals surface area contributed by atoms with Gasteiger partial charge in [-0.1, -0.05) is 43.7 Å². The lowest BCUT2D eigenvalue weighted by Gasteiger charge is -2.35. The second kappa shape index (κ2) is 9.90. The molecule has 2 bridgehead atoms. The number of amides is 3. The lowest BCUT2D eigenvalue weighted by molar-refractivity contribution is -0.141. The van der Waals surface area contributed by atoms with Crippen molar-refractivity contribution in [1.82, 2.24) is 15.5 Å². The molecule has 8 heteroatoms. The molecule has 0 saturated carbocycles. The van der Waals surface area contributed by atoms with Crippen molar-refractivity contribution in [2.24, 2.45) is 11.8 Å². The van der Waals surface area contributed by atoms with Crippen LogP contribution in [0.2, 0.25) is 0 Å². The molecule has 6 atom stereocenters. The molecule has 3 N–H and O–H groups in total. The fraction of sp³-hybridized carbons (Fsp3) is 0.654. The number of carbonyl (C=O) groups excluding carboxylic acids is 3. The van der Waals surface area contributed by atoms with Crippen molar-refractivity contribution in [2.45, 2.75) is 81.0 Å². The van der Waals surface area contributed by atoms with Crippen molar-refractivity contribution in [2.75, 3.05) is 13.2 Å². The fourth-order valence-electron chi connectivity index (χ4n) is 6.33. The molecule has 186 valence electrons. The first kappa shape index (κ1) is 25.0. The minimum Gasteiger partial charge on any atom is -0.396 e. The lowest BCUT2D eigenvalue weighted by atomic mass is 9.66. The highest BCUT2D eigenvalue weighted by molar-refractivity contribution is 8.02. The van der Waals surface area contributed by atoms with Crippen LogP contribution in [-0.2, 0) is 20.9 Å². The number of likely N-dealkylation sites (tertiary alicyclic amines) is 1. The third kappa shape index (κ3) is 4.24. The van der Waals surface area contributed by atoms with Gasteiger partial charge in [0.2, 0.25) is 17.7 Å². The van der Waals surface area contributed by atoms with E-state index in [1.54, 1.807) is 16.7 Å². The first-order chi connectivity index (χ1) is 16.3. The van der Waals surface area contributed by atoms with Gasteiger partial charge in [0.05, 0.1) is 16.6 Å². The maximum Gasteiger partial charge on any atom is 0.244 e. The van der Waals surface area contributed by atoms with Crippen LogP contribution in [0.4, 0.5) is 0 Å². The summed E-state index contributed by atoms with van der Waals surface area (Å²) in [5.74, 6) is -1.36. The molecule has 3 aliphatic rings. The number of benzene rings is 1. The quantitative estimate of drug-likeness (QED) is 0.471. The second-order valence-corrected chi connectivity index (χ2v) is 12.1. The molecule has 0 aliphatic carbocycles. The van der Waals surface area contributed by atoms with Gasteiger partial charge in [-0.3, -0.25) is 14.4 Å². The minimum atomic E-state index is -0.616. The van der Waals surface area contributed by atoms with Gasteiger partial charge < -0.3 is 20.6 Å². The van der Waals surface area contributed by atoms with Crippen molar-refractivity contribution in [3.63, 3.8) is 0 Å². The van der Waals surface area contributed by atoms with Crippen LogP contribution >= 0.6 is 11.8 Å². The lowest BCUT2D eigenvalue weighted by Crippen LogP contribution is -2.55. The summed E-state index contributed by atoms with van der Waals surface area (Å²) in [5.41, 5.74) is 1.01. The van der Waals surface area contributed by atoms with Gasteiger partial charge in [-0.25, -0.2) is 0 Å². The van der Waals surface area contributed by atoms with Gasteiger partial charge in [-0.15, -0.1) is 11.8 Å². The Balaban J connectivity index is 1.61. The zero-order valence-electron chi connectivity index (χ0n) is 20.4. The molecule has 1 aromatic carbocycles. The van der Waals surface area contributed by atoms with Crippen LogP contribution in [0, 0.1) is 11.8 Å². The normalized spacial score (nSPS) is 32.5. The highest BCUT2D eigenvalue weighted by Crippen LogP contribution is 2.71. The Morgan fingerprint density at radius 2 is 1.97 bits per heavy atom. The molecular weight excluding hydrogens is 450 g/mol. The number of carbonyl (C=O) groups is 3. The van der Waals surface area contributed by atoms with E-state index in [-0.39, 0.29) is 35.1 Å². The van der Waals surface area contributed by atoms with Gasteiger partial charge in [-0.2, -0.15) is 0 Å². The Morgan fingerprint density at radius 3 is 2.65 bits per heavy atom. The van der Waals surface area contributed by atoms with Crippen LogP contribution in [0.25, 0.3) is 0 Å². The molecule has 7 nitrogen and oxygen atoms in total. The van der Waals surface area contributed by atoms with Crippen LogP contribution in [-0.4, -0.2) is 62.5 Å². The number of rotatable bonds is 10. The number of thioether (sulfide) groups is 1. The number of nitrogens with zero attached hydrogens (tertiary/aromatic N) is 1. The standard InChI is InChI=1S/C26H37N3O4S/c1-4-9-17(2)28-23(32)21-26-13-12-25(3,34-26)19(20(26)24(33)29(21)14-8-15-30)22(31)27-16-18-10-6-5-7-11-18/h5-7,10-11,17,19-21,30H,4,8-9,12-16H2,1-3H3,(H,27,31)(H,28,32)/t17?,19-,20-,21?,25+,26?/m0/s1. The minimum absolute atomic E-state index is 0.0203. The largest absolute Gasteiger partial charge is 0.396 e. The van der Waals surface area contributed by atoms with E-state index in [0.29, 0.717) is 19.5 Å². The maximum absolute atomic E-state index is 13.8. The van der Waals surface area contributed by atoms with Crippen LogP contribution in [0.3, 0.4) is 0 Å². The van der Waals surface area contributed by atoms with E-state index in [4.69, 9.17) is 0 Å². The zero-order chi connectivity index (χ0) is 24.5. The predicted octanol–water partition coefficient (Wildman–Crippen LogP) is 2.47. The SMILES string of the molecule is CCCC(C)NC(=O)C1N(CCCO)C(=O)[C@@H]2[C@@H](C(=O)NCc3ccccc3)[C@@]3(C)CCC12S3. The number of hydrogen-bond donors (Lipinski definition) is 3. The van der Waals surface area contributed by atoms with Crippen LogP contribution in [0.15, 0.2) is 30.3 Å². The van der Waals surface area contributed by atoms with Crippen molar-refractivity contribution in [3.05, 3.63) is 35.9 Å². The third-order valence-electron chi connectivity index (χ3n) is 7.78. The molecule has 3 saturated heterocycles. The Labute approximate surface area is 206 Å². The molecule has 3 unspecified atom stereocenters. The smallest absolute Gasteiger partial charge is 0.244 e. The van der Waals surface area contributed by atoms with E-state index in [9.17, 15) is 19.5 Å². The number of nitrogens with one attached hydrogen (secondary N) is 2. The summed E-state index contributed by atoms with van der Waals surface area (Å²) >= 11 is 1.68. The molecule has 3 fully saturated rings. The monoisotopic (exact) mass is 487 g/mol. The molecule has 3 aliphatic heterocycles. The Kier molecular flexibility index (Phi) is 7.29. The molecule has 3 heterocycles. The van der Waals surface area contributed by atoms with Crippen molar-refractivity contribution in [3.8, 4) is 0 Å². The van der Waals surface area contributed by atoms with E-state index in [2.05, 4.69) is 24.5 Å². The van der Waals surface area contributed by atoms with Gasteiger partial charge in [-0.05, 0) is 45.1 Å². The summed E-state index contributed by atoms with van der Waals surface area (Å²) in [6.45, 7) is 6.84. The molecule has 3 amide bonds. The average molecular weight is 488 g/mol. The maximum atomic E-state index is 13.8. The molecular formula is C26H37N3O4S. The summed E-state index contributed by atoms with van der Waals surface area (Å²) in [5, 5.41) is 15.6. The first-order valence-electron chi connectivity index (χ1n) is 12.5. The number of fused-ring (bicyclic) bond motifs is 1. The van der Waals surface area contributed by atoms with Crippen molar-refractivity contribution < 1.29 is 19.5 Å².